The van der Waals surface area contributed by atoms with Gasteiger partial charge in [-0.3, -0.25) is 9.59 Å². The van der Waals surface area contributed by atoms with Crippen molar-refractivity contribution in [2.24, 2.45) is 5.92 Å². The van der Waals surface area contributed by atoms with E-state index in [0.717, 1.165) is 23.5 Å². The van der Waals surface area contributed by atoms with E-state index in [1.54, 1.807) is 29.2 Å². The minimum Gasteiger partial charge on any atom is -0.312 e. The molecule has 1 saturated carbocycles. The predicted molar refractivity (Wildman–Crippen MR) is 97.0 cm³/mol. The summed E-state index contributed by atoms with van der Waals surface area (Å²) in [5.41, 5.74) is 0.757. The van der Waals surface area contributed by atoms with Gasteiger partial charge in [0.05, 0.1) is 5.92 Å². The zero-order chi connectivity index (χ0) is 17.4. The second kappa shape index (κ2) is 6.72. The number of nitrogens with one attached hydrogen (secondary N) is 1. The fourth-order valence-corrected chi connectivity index (χ4v) is 4.11. The molecular weight excluding hydrogens is 360 g/mol. The second-order valence-electron chi connectivity index (χ2n) is 6.44. The molecule has 4 rings (SSSR count). The van der Waals surface area contributed by atoms with E-state index in [0.29, 0.717) is 22.6 Å². The van der Waals surface area contributed by atoms with Crippen molar-refractivity contribution in [3.63, 3.8) is 0 Å². The summed E-state index contributed by atoms with van der Waals surface area (Å²) in [4.78, 5) is 26.4. The Hall–Kier alpha value is -1.99. The van der Waals surface area contributed by atoms with E-state index in [4.69, 9.17) is 11.6 Å². The van der Waals surface area contributed by atoms with Crippen LogP contribution in [0.5, 0.6) is 0 Å². The summed E-state index contributed by atoms with van der Waals surface area (Å²) in [7, 11) is 0. The Morgan fingerprint density at radius 1 is 1.24 bits per heavy atom. The van der Waals surface area contributed by atoms with E-state index in [1.165, 1.54) is 17.8 Å². The van der Waals surface area contributed by atoms with Crippen molar-refractivity contribution < 1.29 is 9.59 Å². The second-order valence-corrected chi connectivity index (χ2v) is 7.89. The smallest absolute Gasteiger partial charge is 0.231 e. The first-order chi connectivity index (χ1) is 12.1. The summed E-state index contributed by atoms with van der Waals surface area (Å²) in [5.74, 6) is -0.133. The lowest BCUT2D eigenvalue weighted by Gasteiger charge is -2.21. The molecule has 1 atom stereocenters. The average Bonchev–Trinajstić information content (AvgIpc) is 3.14. The van der Waals surface area contributed by atoms with Crippen molar-refractivity contribution in [2.45, 2.75) is 31.6 Å². The minimum atomic E-state index is -0.390. The quantitative estimate of drug-likeness (QED) is 0.886. The molecule has 2 fully saturated rings. The standard InChI is InChI=1S/C17H17ClN4O2S/c18-12-4-6-13(7-5-12)22-9-11(8-14(22)23)15(24)19-17-21-20-16(25-17)10-2-1-3-10/h4-7,10-11H,1-3,8-9H2,(H,19,21,24)/t11-/m1/s1. The summed E-state index contributed by atoms with van der Waals surface area (Å²) in [6, 6.07) is 7.05. The number of anilines is 2. The summed E-state index contributed by atoms with van der Waals surface area (Å²) in [5, 5.41) is 13.2. The molecule has 130 valence electrons. The Morgan fingerprint density at radius 2 is 2.00 bits per heavy atom. The normalized spacial score (nSPS) is 20.6. The van der Waals surface area contributed by atoms with Crippen LogP contribution in [-0.2, 0) is 9.59 Å². The average molecular weight is 377 g/mol. The summed E-state index contributed by atoms with van der Waals surface area (Å²) < 4.78 is 0. The Balaban J connectivity index is 1.40. The molecule has 0 bridgehead atoms. The van der Waals surface area contributed by atoms with Gasteiger partial charge in [-0.15, -0.1) is 10.2 Å². The Labute approximate surface area is 154 Å². The van der Waals surface area contributed by atoms with Gasteiger partial charge in [0, 0.05) is 29.6 Å². The predicted octanol–water partition coefficient (Wildman–Crippen LogP) is 3.45. The fourth-order valence-electron chi connectivity index (χ4n) is 3.07. The van der Waals surface area contributed by atoms with E-state index in [-0.39, 0.29) is 24.2 Å². The molecule has 0 radical (unpaired) electrons. The summed E-state index contributed by atoms with van der Waals surface area (Å²) in [6.45, 7) is 0.362. The van der Waals surface area contributed by atoms with Crippen LogP contribution < -0.4 is 10.2 Å². The molecule has 2 heterocycles. The maximum atomic E-state index is 12.5. The maximum absolute atomic E-state index is 12.5. The van der Waals surface area contributed by atoms with E-state index < -0.39 is 0 Å². The minimum absolute atomic E-state index is 0.0603. The fraction of sp³-hybridized carbons (Fsp3) is 0.412. The van der Waals surface area contributed by atoms with Crippen LogP contribution in [-0.4, -0.2) is 28.6 Å². The monoisotopic (exact) mass is 376 g/mol. The highest BCUT2D eigenvalue weighted by Gasteiger charge is 2.35. The lowest BCUT2D eigenvalue weighted by Crippen LogP contribution is -2.28. The Morgan fingerprint density at radius 3 is 2.68 bits per heavy atom. The molecule has 2 aliphatic rings. The van der Waals surface area contributed by atoms with Crippen molar-refractivity contribution in [2.75, 3.05) is 16.8 Å². The number of nitrogens with zero attached hydrogens (tertiary/aromatic N) is 3. The number of hydrogen-bond donors (Lipinski definition) is 1. The molecule has 8 heteroatoms. The maximum Gasteiger partial charge on any atom is 0.231 e. The van der Waals surface area contributed by atoms with Crippen LogP contribution in [0.15, 0.2) is 24.3 Å². The molecule has 1 N–H and O–H groups in total. The molecular formula is C17H17ClN4O2S. The van der Waals surface area contributed by atoms with Crippen molar-refractivity contribution in [1.82, 2.24) is 10.2 Å². The van der Waals surface area contributed by atoms with Gasteiger partial charge in [0.25, 0.3) is 0 Å². The lowest BCUT2D eigenvalue weighted by atomic mass is 9.86. The van der Waals surface area contributed by atoms with Gasteiger partial charge in [-0.25, -0.2) is 0 Å². The van der Waals surface area contributed by atoms with E-state index >= 15 is 0 Å². The third kappa shape index (κ3) is 3.39. The van der Waals surface area contributed by atoms with Gasteiger partial charge < -0.3 is 10.2 Å². The topological polar surface area (TPSA) is 75.2 Å². The highest BCUT2D eigenvalue weighted by Crippen LogP contribution is 2.38. The van der Waals surface area contributed by atoms with Crippen LogP contribution in [0, 0.1) is 5.92 Å². The van der Waals surface area contributed by atoms with Crippen molar-refractivity contribution in [3.8, 4) is 0 Å². The molecule has 2 amide bonds. The van der Waals surface area contributed by atoms with Gasteiger partial charge in [-0.2, -0.15) is 0 Å². The first kappa shape index (κ1) is 16.5. The number of aromatic nitrogens is 2. The summed E-state index contributed by atoms with van der Waals surface area (Å²) >= 11 is 7.32. The molecule has 0 unspecified atom stereocenters. The van der Waals surface area contributed by atoms with Gasteiger partial charge in [-0.05, 0) is 37.1 Å². The zero-order valence-electron chi connectivity index (χ0n) is 13.4. The Kier molecular flexibility index (Phi) is 4.43. The molecule has 1 aromatic carbocycles. The molecule has 1 saturated heterocycles. The van der Waals surface area contributed by atoms with Crippen molar-refractivity contribution in [3.05, 3.63) is 34.3 Å². The molecule has 6 nitrogen and oxygen atoms in total. The summed E-state index contributed by atoms with van der Waals surface area (Å²) in [6.07, 6.45) is 3.73. The van der Waals surface area contributed by atoms with Crippen molar-refractivity contribution in [1.29, 1.82) is 0 Å². The van der Waals surface area contributed by atoms with E-state index in [9.17, 15) is 9.59 Å². The molecule has 1 aromatic heterocycles. The van der Waals surface area contributed by atoms with E-state index in [1.807, 2.05) is 0 Å². The molecule has 1 aliphatic heterocycles. The van der Waals surface area contributed by atoms with Gasteiger partial charge in [-0.1, -0.05) is 29.4 Å². The third-order valence-corrected chi connectivity index (χ3v) is 6.01. The van der Waals surface area contributed by atoms with Crippen LogP contribution in [0.4, 0.5) is 10.8 Å². The molecule has 25 heavy (non-hydrogen) atoms. The first-order valence-electron chi connectivity index (χ1n) is 8.30. The largest absolute Gasteiger partial charge is 0.312 e. The van der Waals surface area contributed by atoms with Crippen LogP contribution in [0.25, 0.3) is 0 Å². The highest BCUT2D eigenvalue weighted by atomic mass is 35.5. The Bertz CT molecular complexity index is 803. The number of amides is 2. The highest BCUT2D eigenvalue weighted by molar-refractivity contribution is 7.15. The van der Waals surface area contributed by atoms with Gasteiger partial charge in [0.15, 0.2) is 0 Å². The van der Waals surface area contributed by atoms with Crippen LogP contribution in [0.3, 0.4) is 0 Å². The van der Waals surface area contributed by atoms with Gasteiger partial charge in [0.1, 0.15) is 5.01 Å². The van der Waals surface area contributed by atoms with Gasteiger partial charge in [0.2, 0.25) is 16.9 Å². The number of rotatable bonds is 4. The van der Waals surface area contributed by atoms with Crippen LogP contribution >= 0.6 is 22.9 Å². The molecule has 2 aromatic rings. The third-order valence-electron chi connectivity index (χ3n) is 4.76. The first-order valence-corrected chi connectivity index (χ1v) is 9.50. The van der Waals surface area contributed by atoms with Crippen molar-refractivity contribution >= 4 is 45.6 Å². The number of halogens is 1. The number of hydrogen-bond acceptors (Lipinski definition) is 5. The SMILES string of the molecule is O=C(Nc1nnc(C2CCC2)s1)[C@@H]1CC(=O)N(c2ccc(Cl)cc2)C1. The zero-order valence-corrected chi connectivity index (χ0v) is 15.0. The molecule has 1 aliphatic carbocycles. The van der Waals surface area contributed by atoms with E-state index in [2.05, 4.69) is 15.5 Å². The lowest BCUT2D eigenvalue weighted by molar-refractivity contribution is -0.122. The number of benzene rings is 1. The number of carbonyl (C=O) groups excluding carboxylic acids is 2. The van der Waals surface area contributed by atoms with Gasteiger partial charge >= 0.3 is 0 Å². The molecule has 0 spiro atoms. The van der Waals surface area contributed by atoms with Crippen LogP contribution in [0.1, 0.15) is 36.6 Å². The van der Waals surface area contributed by atoms with Crippen LogP contribution in [0.2, 0.25) is 5.02 Å². The number of carbonyl (C=O) groups is 2.